The number of carbonyl (C=O) groups excluding carboxylic acids is 1. The van der Waals surface area contributed by atoms with Gasteiger partial charge in [0, 0.05) is 15.1 Å². The first-order chi connectivity index (χ1) is 10.5. The second-order valence-electron chi connectivity index (χ2n) is 4.38. The van der Waals surface area contributed by atoms with E-state index in [0.717, 1.165) is 4.47 Å². The summed E-state index contributed by atoms with van der Waals surface area (Å²) in [5.74, 6) is -1.71. The van der Waals surface area contributed by atoms with Crippen molar-refractivity contribution in [2.45, 2.75) is 0 Å². The molecule has 1 amide bonds. The third kappa shape index (κ3) is 4.44. The molecule has 0 bridgehead atoms. The van der Waals surface area contributed by atoms with Gasteiger partial charge in [-0.3, -0.25) is 4.79 Å². The molecule has 112 valence electrons. The van der Waals surface area contributed by atoms with Crippen LogP contribution in [0.25, 0.3) is 6.08 Å². The Bertz CT molecular complexity index is 724. The van der Waals surface area contributed by atoms with Gasteiger partial charge in [-0.2, -0.15) is 0 Å². The fraction of sp³-hybridized carbons (Fsp3) is 0. The van der Waals surface area contributed by atoms with Gasteiger partial charge in [0.2, 0.25) is 0 Å². The normalized spacial score (nSPS) is 11.1. The fourth-order valence-electron chi connectivity index (χ4n) is 1.67. The van der Waals surface area contributed by atoms with Gasteiger partial charge in [-0.05, 0) is 48.0 Å². The van der Waals surface area contributed by atoms with Crippen LogP contribution >= 0.6 is 27.5 Å². The molecule has 2 aromatic rings. The molecule has 0 fully saturated rings. The first-order valence-electron chi connectivity index (χ1n) is 6.23. The van der Waals surface area contributed by atoms with Gasteiger partial charge < -0.3 is 10.4 Å². The Hall–Kier alpha value is -2.11. The maximum atomic E-state index is 12.1. The van der Waals surface area contributed by atoms with E-state index in [9.17, 15) is 14.7 Å². The summed E-state index contributed by atoms with van der Waals surface area (Å²) in [6, 6.07) is 13.2. The zero-order valence-corrected chi connectivity index (χ0v) is 13.6. The van der Waals surface area contributed by atoms with E-state index in [1.54, 1.807) is 48.5 Å². The molecule has 22 heavy (non-hydrogen) atoms. The van der Waals surface area contributed by atoms with Crippen LogP contribution in [-0.2, 0) is 4.79 Å². The molecule has 0 aliphatic carbocycles. The standard InChI is InChI=1S/C16H11BrClNO3/c17-12-5-3-11(4-6-12)15(20)19-14(16(21)22)9-10-1-7-13(18)8-2-10/h1-9H,(H,19,20)(H,21,22)/b14-9-. The molecular weight excluding hydrogens is 370 g/mol. The van der Waals surface area contributed by atoms with E-state index in [1.807, 2.05) is 0 Å². The molecule has 0 saturated carbocycles. The Kier molecular flexibility index (Phi) is 5.35. The van der Waals surface area contributed by atoms with Crippen LogP contribution in [0, 0.1) is 0 Å². The molecule has 2 rings (SSSR count). The summed E-state index contributed by atoms with van der Waals surface area (Å²) >= 11 is 9.05. The molecule has 0 radical (unpaired) electrons. The van der Waals surface area contributed by atoms with Gasteiger partial charge in [-0.1, -0.05) is 39.7 Å². The lowest BCUT2D eigenvalue weighted by Gasteiger charge is -2.06. The van der Waals surface area contributed by atoms with Crippen LogP contribution in [0.4, 0.5) is 0 Å². The molecule has 0 saturated heterocycles. The van der Waals surface area contributed by atoms with E-state index >= 15 is 0 Å². The lowest BCUT2D eigenvalue weighted by atomic mass is 10.1. The Balaban J connectivity index is 2.21. The van der Waals surface area contributed by atoms with Crippen LogP contribution in [0.2, 0.25) is 5.02 Å². The predicted molar refractivity (Wildman–Crippen MR) is 88.7 cm³/mol. The molecule has 2 N–H and O–H groups in total. The first kappa shape index (κ1) is 16.3. The van der Waals surface area contributed by atoms with E-state index in [4.69, 9.17) is 11.6 Å². The number of nitrogens with one attached hydrogen (secondary N) is 1. The van der Waals surface area contributed by atoms with Crippen LogP contribution in [0.1, 0.15) is 15.9 Å². The third-order valence-electron chi connectivity index (χ3n) is 2.77. The molecule has 0 heterocycles. The smallest absolute Gasteiger partial charge is 0.352 e. The number of rotatable bonds is 4. The van der Waals surface area contributed by atoms with Crippen molar-refractivity contribution in [1.82, 2.24) is 5.32 Å². The van der Waals surface area contributed by atoms with E-state index in [-0.39, 0.29) is 5.70 Å². The van der Waals surface area contributed by atoms with Gasteiger partial charge in [0.05, 0.1) is 0 Å². The summed E-state index contributed by atoms with van der Waals surface area (Å²) in [5, 5.41) is 12.2. The molecule has 0 unspecified atom stereocenters. The highest BCUT2D eigenvalue weighted by Gasteiger charge is 2.13. The Morgan fingerprint density at radius 3 is 2.18 bits per heavy atom. The highest BCUT2D eigenvalue weighted by molar-refractivity contribution is 9.10. The van der Waals surface area contributed by atoms with Crippen molar-refractivity contribution in [3.8, 4) is 0 Å². The number of hydrogen-bond donors (Lipinski definition) is 2. The maximum absolute atomic E-state index is 12.1. The lowest BCUT2D eigenvalue weighted by molar-refractivity contribution is -0.132. The Morgan fingerprint density at radius 1 is 1.05 bits per heavy atom. The molecule has 0 atom stereocenters. The molecule has 0 aliphatic rings. The van der Waals surface area contributed by atoms with Gasteiger partial charge >= 0.3 is 5.97 Å². The van der Waals surface area contributed by atoms with E-state index in [0.29, 0.717) is 16.1 Å². The molecular formula is C16H11BrClNO3. The zero-order chi connectivity index (χ0) is 16.1. The molecule has 0 aromatic heterocycles. The fourth-order valence-corrected chi connectivity index (χ4v) is 2.06. The Morgan fingerprint density at radius 2 is 1.64 bits per heavy atom. The summed E-state index contributed by atoms with van der Waals surface area (Å²) < 4.78 is 0.833. The van der Waals surface area contributed by atoms with Crippen LogP contribution in [0.15, 0.2) is 58.7 Å². The quantitative estimate of drug-likeness (QED) is 0.789. The topological polar surface area (TPSA) is 66.4 Å². The summed E-state index contributed by atoms with van der Waals surface area (Å²) in [7, 11) is 0. The van der Waals surface area contributed by atoms with Crippen molar-refractivity contribution in [2.75, 3.05) is 0 Å². The minimum absolute atomic E-state index is 0.213. The van der Waals surface area contributed by atoms with E-state index in [2.05, 4.69) is 21.2 Å². The highest BCUT2D eigenvalue weighted by Crippen LogP contribution is 2.13. The Labute approximate surface area is 140 Å². The van der Waals surface area contributed by atoms with Crippen molar-refractivity contribution < 1.29 is 14.7 Å². The van der Waals surface area contributed by atoms with Gasteiger partial charge in [0.15, 0.2) is 0 Å². The van der Waals surface area contributed by atoms with Crippen molar-refractivity contribution >= 4 is 45.5 Å². The average Bonchev–Trinajstić information content (AvgIpc) is 2.49. The number of amides is 1. The van der Waals surface area contributed by atoms with Crippen LogP contribution in [0.3, 0.4) is 0 Å². The minimum Gasteiger partial charge on any atom is -0.477 e. The van der Waals surface area contributed by atoms with Crippen LogP contribution < -0.4 is 5.32 Å². The zero-order valence-electron chi connectivity index (χ0n) is 11.2. The van der Waals surface area contributed by atoms with Crippen LogP contribution in [-0.4, -0.2) is 17.0 Å². The summed E-state index contributed by atoms with van der Waals surface area (Å²) in [4.78, 5) is 23.3. The summed E-state index contributed by atoms with van der Waals surface area (Å²) in [6.07, 6.45) is 1.37. The molecule has 2 aromatic carbocycles. The number of carboxylic acid groups (broad SMARTS) is 1. The van der Waals surface area contributed by atoms with Crippen molar-refractivity contribution in [1.29, 1.82) is 0 Å². The molecule has 0 aliphatic heterocycles. The van der Waals surface area contributed by atoms with Gasteiger partial charge in [-0.25, -0.2) is 4.79 Å². The van der Waals surface area contributed by atoms with E-state index < -0.39 is 11.9 Å². The highest BCUT2D eigenvalue weighted by atomic mass is 79.9. The molecule has 4 nitrogen and oxygen atoms in total. The largest absolute Gasteiger partial charge is 0.477 e. The number of carboxylic acids is 1. The SMILES string of the molecule is O=C(O)/C(=C/c1ccc(Cl)cc1)NC(=O)c1ccc(Br)cc1. The molecule has 0 spiro atoms. The maximum Gasteiger partial charge on any atom is 0.352 e. The van der Waals surface area contributed by atoms with Gasteiger partial charge in [-0.15, -0.1) is 0 Å². The number of benzene rings is 2. The summed E-state index contributed by atoms with van der Waals surface area (Å²) in [5.41, 5.74) is 0.777. The van der Waals surface area contributed by atoms with Crippen molar-refractivity contribution in [3.63, 3.8) is 0 Å². The van der Waals surface area contributed by atoms with E-state index in [1.165, 1.54) is 6.08 Å². The number of hydrogen-bond acceptors (Lipinski definition) is 2. The second-order valence-corrected chi connectivity index (χ2v) is 5.73. The monoisotopic (exact) mass is 379 g/mol. The average molecular weight is 381 g/mol. The lowest BCUT2D eigenvalue weighted by Crippen LogP contribution is -2.27. The van der Waals surface area contributed by atoms with Crippen LogP contribution in [0.5, 0.6) is 0 Å². The van der Waals surface area contributed by atoms with Crippen molar-refractivity contribution in [3.05, 3.63) is 74.9 Å². The minimum atomic E-state index is -1.22. The number of carbonyl (C=O) groups is 2. The number of halogens is 2. The first-order valence-corrected chi connectivity index (χ1v) is 7.40. The third-order valence-corrected chi connectivity index (χ3v) is 3.55. The summed E-state index contributed by atoms with van der Waals surface area (Å²) in [6.45, 7) is 0. The van der Waals surface area contributed by atoms with Gasteiger partial charge in [0.1, 0.15) is 5.70 Å². The predicted octanol–water partition coefficient (Wildman–Crippen LogP) is 3.96. The second kappa shape index (κ2) is 7.24. The van der Waals surface area contributed by atoms with Crippen molar-refractivity contribution in [2.24, 2.45) is 0 Å². The molecule has 6 heteroatoms. The van der Waals surface area contributed by atoms with Gasteiger partial charge in [0.25, 0.3) is 5.91 Å². The number of aliphatic carboxylic acids is 1.